The van der Waals surface area contributed by atoms with Crippen LogP contribution in [0.2, 0.25) is 0 Å². The van der Waals surface area contributed by atoms with E-state index in [0.717, 1.165) is 44.9 Å². The molecule has 0 fully saturated rings. The van der Waals surface area contributed by atoms with E-state index >= 15 is 0 Å². The molecule has 1 aliphatic carbocycles. The Morgan fingerprint density at radius 2 is 1.35 bits per heavy atom. The molecule has 300 valence electrons. The van der Waals surface area contributed by atoms with Gasteiger partial charge in [0.2, 0.25) is 0 Å². The van der Waals surface area contributed by atoms with Gasteiger partial charge >= 0.3 is 0 Å². The highest BCUT2D eigenvalue weighted by molar-refractivity contribution is 6.01. The normalized spacial score (nSPS) is 14.0. The van der Waals surface area contributed by atoms with Crippen LogP contribution in [-0.4, -0.2) is 33.1 Å². The fourth-order valence-electron chi connectivity index (χ4n) is 8.00. The largest absolute Gasteiger partial charge is 0.457 e. The Hall–Kier alpha value is -8.16. The molecular formula is C55H44N6O. The van der Waals surface area contributed by atoms with Gasteiger partial charge in [-0.1, -0.05) is 160 Å². The second-order valence-corrected chi connectivity index (χ2v) is 14.6. The first kappa shape index (κ1) is 40.6. The first-order chi connectivity index (χ1) is 30.4. The van der Waals surface area contributed by atoms with Gasteiger partial charge in [-0.15, -0.1) is 0 Å². The summed E-state index contributed by atoms with van der Waals surface area (Å²) in [6.45, 7) is 21.4. The van der Waals surface area contributed by atoms with Crippen molar-refractivity contribution < 1.29 is 4.74 Å². The second-order valence-electron chi connectivity index (χ2n) is 14.6. The van der Waals surface area contributed by atoms with Crippen molar-refractivity contribution in [3.8, 4) is 45.4 Å². The molecule has 1 aliphatic heterocycles. The molecule has 2 heterocycles. The van der Waals surface area contributed by atoms with E-state index in [9.17, 15) is 0 Å². The van der Waals surface area contributed by atoms with Crippen LogP contribution in [0.5, 0.6) is 11.5 Å². The number of ether oxygens (including phenoxy) is 1. The molecule has 7 heteroatoms. The van der Waals surface area contributed by atoms with Gasteiger partial charge in [-0.3, -0.25) is 15.0 Å². The molecule has 1 spiro atoms. The van der Waals surface area contributed by atoms with Crippen molar-refractivity contribution in [1.29, 1.82) is 0 Å². The lowest BCUT2D eigenvalue weighted by atomic mass is 9.65. The van der Waals surface area contributed by atoms with Crippen molar-refractivity contribution in [2.75, 3.05) is 0 Å². The minimum atomic E-state index is -0.742. The minimum Gasteiger partial charge on any atom is -0.457 e. The number of hydrogen-bond donors (Lipinski definition) is 0. The Morgan fingerprint density at radius 1 is 0.694 bits per heavy atom. The maximum Gasteiger partial charge on any atom is 0.164 e. The fraction of sp³-hybridized carbons (Fsp3) is 0.0545. The molecule has 0 unspecified atom stereocenters. The first-order valence-electron chi connectivity index (χ1n) is 20.2. The number of aliphatic imine (C=N–C) groups is 3. The van der Waals surface area contributed by atoms with E-state index in [0.29, 0.717) is 41.0 Å². The van der Waals surface area contributed by atoms with Crippen molar-refractivity contribution >= 4 is 23.7 Å². The summed E-state index contributed by atoms with van der Waals surface area (Å²) in [4.78, 5) is 28.6. The number of allylic oxidation sites excluding steroid dienone is 10. The monoisotopic (exact) mass is 804 g/mol. The molecule has 0 radical (unpaired) electrons. The Bertz CT molecular complexity index is 2920. The van der Waals surface area contributed by atoms with Gasteiger partial charge in [0.25, 0.3) is 0 Å². The van der Waals surface area contributed by atoms with Crippen LogP contribution in [-0.2, 0) is 11.8 Å². The molecule has 5 aromatic carbocycles. The molecule has 1 aromatic heterocycles. The van der Waals surface area contributed by atoms with Crippen LogP contribution in [0.25, 0.3) is 39.5 Å². The van der Waals surface area contributed by atoms with Crippen LogP contribution < -0.4 is 4.74 Å². The number of fused-ring (bicyclic) bond motifs is 9. The average Bonchev–Trinajstić information content (AvgIpc) is 3.61. The van der Waals surface area contributed by atoms with Crippen LogP contribution in [0, 0.1) is 0 Å². The van der Waals surface area contributed by atoms with Crippen molar-refractivity contribution in [2.24, 2.45) is 15.0 Å². The van der Waals surface area contributed by atoms with Crippen LogP contribution in [0.1, 0.15) is 40.6 Å². The van der Waals surface area contributed by atoms with E-state index < -0.39 is 5.41 Å². The highest BCUT2D eigenvalue weighted by Crippen LogP contribution is 2.62. The Balaban J connectivity index is 1.32. The summed E-state index contributed by atoms with van der Waals surface area (Å²) in [7, 11) is 0. The van der Waals surface area contributed by atoms with Gasteiger partial charge in [0.1, 0.15) is 11.5 Å². The predicted molar refractivity (Wildman–Crippen MR) is 257 cm³/mol. The third-order valence-corrected chi connectivity index (χ3v) is 10.8. The van der Waals surface area contributed by atoms with Crippen molar-refractivity contribution in [3.63, 3.8) is 0 Å². The maximum atomic E-state index is 6.87. The predicted octanol–water partition coefficient (Wildman–Crippen LogP) is 12.9. The van der Waals surface area contributed by atoms with E-state index in [-0.39, 0.29) is 0 Å². The third kappa shape index (κ3) is 7.71. The lowest BCUT2D eigenvalue weighted by molar-refractivity contribution is 0.436. The highest BCUT2D eigenvalue weighted by Gasteiger charge is 2.51. The lowest BCUT2D eigenvalue weighted by Gasteiger charge is -2.39. The lowest BCUT2D eigenvalue weighted by Crippen LogP contribution is -2.32. The second kappa shape index (κ2) is 18.0. The standard InChI is InChI=1S/C55H44N6O/c1-7-11-33-56-36-43(58-38(6)37(5)57-32-9-3)29-26-39-27-30-50-48(34-39)55(46-24-17-15-22-44(46)45-23-16-18-25-47(45)55)49-35-42(28-31-51(49)62-50)54-60-52(40(10-4)19-8-2)59-53(61-54)41-20-13-12-14-21-41/h7-25,27-36H,1-5,26H2,6H3/b33-11-,40-19+,43-29-,56-36+,57-32?,58-38?. The van der Waals surface area contributed by atoms with E-state index in [1.54, 1.807) is 49.0 Å². The van der Waals surface area contributed by atoms with Gasteiger partial charge in [0.05, 0.1) is 28.7 Å². The molecule has 0 atom stereocenters. The van der Waals surface area contributed by atoms with Crippen LogP contribution in [0.3, 0.4) is 0 Å². The summed E-state index contributed by atoms with van der Waals surface area (Å²) in [5, 5.41) is 0. The SMILES string of the molecule is C=CC=NC(=C)C(C)=NC(=C\Cc1ccc2c(c1)C1(c3cc(-c4nc(/C(C=C)=C/C=C)nc(-c5ccccc5)n4)ccc3O2)c2ccccc2-c2ccccc21)/C=N/C=C\C=C. The summed E-state index contributed by atoms with van der Waals surface area (Å²) in [6, 6.07) is 40.0. The first-order valence-corrected chi connectivity index (χ1v) is 20.2. The quantitative estimate of drug-likeness (QED) is 0.0809. The van der Waals surface area contributed by atoms with E-state index in [2.05, 4.69) is 122 Å². The van der Waals surface area contributed by atoms with Gasteiger partial charge in [0, 0.05) is 40.2 Å². The molecule has 0 saturated carbocycles. The summed E-state index contributed by atoms with van der Waals surface area (Å²) >= 11 is 0. The molecule has 8 rings (SSSR count). The van der Waals surface area contributed by atoms with E-state index in [1.807, 2.05) is 55.5 Å². The number of rotatable bonds is 14. The highest BCUT2D eigenvalue weighted by atomic mass is 16.5. The zero-order chi connectivity index (χ0) is 43.1. The number of hydrogen-bond acceptors (Lipinski definition) is 7. The minimum absolute atomic E-state index is 0.501. The number of aromatic nitrogens is 3. The summed E-state index contributed by atoms with van der Waals surface area (Å²) in [5.74, 6) is 3.12. The van der Waals surface area contributed by atoms with Gasteiger partial charge < -0.3 is 4.74 Å². The molecule has 7 nitrogen and oxygen atoms in total. The molecular weight excluding hydrogens is 761 g/mol. The van der Waals surface area contributed by atoms with E-state index in [4.69, 9.17) is 24.7 Å². The van der Waals surface area contributed by atoms with Crippen molar-refractivity contribution in [1.82, 2.24) is 15.0 Å². The molecule has 2 aliphatic rings. The van der Waals surface area contributed by atoms with Crippen molar-refractivity contribution in [2.45, 2.75) is 18.8 Å². The summed E-state index contributed by atoms with van der Waals surface area (Å²) < 4.78 is 6.87. The average molecular weight is 805 g/mol. The Labute approximate surface area is 363 Å². The third-order valence-electron chi connectivity index (χ3n) is 10.8. The van der Waals surface area contributed by atoms with Gasteiger partial charge in [-0.2, -0.15) is 0 Å². The Morgan fingerprint density at radius 3 is 2.03 bits per heavy atom. The Kier molecular flexibility index (Phi) is 11.8. The van der Waals surface area contributed by atoms with Crippen LogP contribution in [0.15, 0.2) is 223 Å². The van der Waals surface area contributed by atoms with Crippen LogP contribution in [0.4, 0.5) is 0 Å². The smallest absolute Gasteiger partial charge is 0.164 e. The van der Waals surface area contributed by atoms with Crippen LogP contribution >= 0.6 is 0 Å². The van der Waals surface area contributed by atoms with Gasteiger partial charge in [-0.05, 0) is 71.5 Å². The van der Waals surface area contributed by atoms with Crippen molar-refractivity contribution in [3.05, 3.63) is 242 Å². The summed E-state index contributed by atoms with van der Waals surface area (Å²) in [5.41, 5.74) is 11.3. The molecule has 0 N–H and O–H groups in total. The van der Waals surface area contributed by atoms with Gasteiger partial charge in [0.15, 0.2) is 17.5 Å². The fourth-order valence-corrected chi connectivity index (χ4v) is 8.00. The summed E-state index contributed by atoms with van der Waals surface area (Å²) in [6.07, 6.45) is 18.0. The van der Waals surface area contributed by atoms with Gasteiger partial charge in [-0.25, -0.2) is 15.0 Å². The molecule has 0 bridgehead atoms. The van der Waals surface area contributed by atoms with E-state index in [1.165, 1.54) is 22.3 Å². The molecule has 6 aromatic rings. The zero-order valence-corrected chi connectivity index (χ0v) is 34.6. The number of benzene rings is 5. The number of nitrogens with zero attached hydrogens (tertiary/aromatic N) is 6. The topological polar surface area (TPSA) is 85.0 Å². The zero-order valence-electron chi connectivity index (χ0n) is 34.6. The molecule has 62 heavy (non-hydrogen) atoms. The maximum absolute atomic E-state index is 6.87. The molecule has 0 saturated heterocycles. The molecule has 0 amide bonds.